The summed E-state index contributed by atoms with van der Waals surface area (Å²) < 4.78 is 0. The first-order valence-electron chi connectivity index (χ1n) is 2.58. The van der Waals surface area contributed by atoms with E-state index < -0.39 is 0 Å². The zero-order valence-electron chi connectivity index (χ0n) is 5.79. The van der Waals surface area contributed by atoms with Crippen LogP contribution in [0.4, 0.5) is 0 Å². The molecule has 0 aliphatic heterocycles. The Kier molecular flexibility index (Phi) is 14.5. The molecule has 0 fully saturated rings. The van der Waals surface area contributed by atoms with Gasteiger partial charge in [0.05, 0.1) is 0 Å². The van der Waals surface area contributed by atoms with Gasteiger partial charge in [-0.25, -0.2) is 0 Å². The molecule has 0 radical (unpaired) electrons. The Hall–Kier alpha value is 0.349. The van der Waals surface area contributed by atoms with Crippen molar-refractivity contribution in [1.82, 2.24) is 5.32 Å². The van der Waals surface area contributed by atoms with Crippen LogP contribution in [0.1, 0.15) is 20.3 Å². The third-order valence-corrected chi connectivity index (χ3v) is 0.957. The Labute approximate surface area is 60.2 Å². The molecule has 0 amide bonds. The Bertz CT molecular complexity index is 35.5. The van der Waals surface area contributed by atoms with Crippen LogP contribution in [0.2, 0.25) is 0 Å². The molecule has 1 N–H and O–H groups in total. The van der Waals surface area contributed by atoms with Gasteiger partial charge in [-0.05, 0) is 7.05 Å². The summed E-state index contributed by atoms with van der Waals surface area (Å²) in [5, 5.41) is 3.03. The molecule has 0 spiro atoms. The van der Waals surface area contributed by atoms with E-state index >= 15 is 0 Å². The van der Waals surface area contributed by atoms with Gasteiger partial charge >= 0.3 is 21.0 Å². The molecule has 0 aliphatic rings. The molecule has 0 unspecified atom stereocenters. The summed E-state index contributed by atoms with van der Waals surface area (Å²) in [7, 11) is 1.94. The maximum atomic E-state index is 3.06. The predicted octanol–water partition coefficient (Wildman–Crippen LogP) is 1.13. The molecule has 0 rings (SSSR count). The van der Waals surface area contributed by atoms with Crippen molar-refractivity contribution < 1.29 is 15.6 Å². The molecule has 0 aromatic heterocycles. The van der Waals surface area contributed by atoms with Gasteiger partial charge in [-0.2, -0.15) is 13.3 Å². The quantitative estimate of drug-likeness (QED) is 0.465. The van der Waals surface area contributed by atoms with Crippen molar-refractivity contribution in [3.8, 4) is 0 Å². The molecule has 0 saturated carbocycles. The standard InChI is InChI=1S/C5H12N.CH2.Mn/c1-4-5(2)6-3;;/h6H,4H2,1-3H3;1H2;/q-1;;. The first-order chi connectivity index (χ1) is 3.81. The van der Waals surface area contributed by atoms with Gasteiger partial charge < -0.3 is 5.32 Å². The van der Waals surface area contributed by atoms with E-state index in [1.165, 1.54) is 6.04 Å². The van der Waals surface area contributed by atoms with Gasteiger partial charge in [0.1, 0.15) is 0 Å². The zero-order chi connectivity index (χ0) is 6.99. The molecule has 0 aromatic carbocycles. The topological polar surface area (TPSA) is 12.0 Å². The third kappa shape index (κ3) is 9.60. The Morgan fingerprint density at radius 2 is 2.00 bits per heavy atom. The molecular weight excluding hydrogens is 141 g/mol. The van der Waals surface area contributed by atoms with E-state index in [2.05, 4.69) is 40.2 Å². The van der Waals surface area contributed by atoms with E-state index in [0.29, 0.717) is 0 Å². The molecule has 51 valence electrons. The summed E-state index contributed by atoms with van der Waals surface area (Å²) in [6.45, 7) is 4.21. The molecule has 0 saturated heterocycles. The van der Waals surface area contributed by atoms with Crippen molar-refractivity contribution >= 4 is 5.42 Å². The molecule has 8 heavy (non-hydrogen) atoms. The maximum absolute atomic E-state index is 3.06. The average molecular weight is 155 g/mol. The molecule has 0 aromatic rings. The monoisotopic (exact) mass is 155 g/mol. The van der Waals surface area contributed by atoms with Crippen molar-refractivity contribution in [2.45, 2.75) is 20.3 Å². The van der Waals surface area contributed by atoms with E-state index in [0.717, 1.165) is 6.42 Å². The van der Waals surface area contributed by atoms with Gasteiger partial charge in [0.15, 0.2) is 0 Å². The van der Waals surface area contributed by atoms with Crippen molar-refractivity contribution in [2.75, 3.05) is 7.05 Å². The van der Waals surface area contributed by atoms with Crippen LogP contribution in [0.3, 0.4) is 0 Å². The van der Waals surface area contributed by atoms with E-state index in [1.54, 1.807) is 0 Å². The van der Waals surface area contributed by atoms with Crippen molar-refractivity contribution in [3.63, 3.8) is 0 Å². The summed E-state index contributed by atoms with van der Waals surface area (Å²) in [6.07, 6.45) is 1.14. The van der Waals surface area contributed by atoms with Crippen LogP contribution in [-0.2, 0) is 15.6 Å². The van der Waals surface area contributed by atoms with E-state index in [-0.39, 0.29) is 0 Å². The minimum atomic E-state index is 1.14. The summed E-state index contributed by atoms with van der Waals surface area (Å²) in [6, 6.07) is 1.34. The molecule has 0 atom stereocenters. The van der Waals surface area contributed by atoms with Crippen LogP contribution in [0, 0.1) is 6.04 Å². The number of rotatable bonds is 2. The Balaban J connectivity index is 0. The minimum absolute atomic E-state index is 1.14. The Morgan fingerprint density at radius 1 is 1.62 bits per heavy atom. The van der Waals surface area contributed by atoms with Gasteiger partial charge in [-0.3, -0.25) is 6.04 Å². The molecule has 0 aliphatic carbocycles. The van der Waals surface area contributed by atoms with E-state index in [4.69, 9.17) is 0 Å². The van der Waals surface area contributed by atoms with Crippen molar-refractivity contribution in [2.24, 2.45) is 0 Å². The molecule has 2 heteroatoms. The van der Waals surface area contributed by atoms with Gasteiger partial charge in [0.2, 0.25) is 0 Å². The first kappa shape index (κ1) is 11.2. The average Bonchev–Trinajstić information content (AvgIpc) is 1.91. The fourth-order valence-corrected chi connectivity index (χ4v) is 0.177. The Morgan fingerprint density at radius 3 is 2.00 bits per heavy atom. The molecule has 1 nitrogen and oxygen atoms in total. The second-order valence-corrected chi connectivity index (χ2v) is 1.38. The fraction of sp³-hybridized carbons (Fsp3) is 0.667. The summed E-state index contributed by atoms with van der Waals surface area (Å²) in [5.74, 6) is 0. The zero-order valence-corrected chi connectivity index (χ0v) is 6.97. The first-order valence-corrected chi connectivity index (χ1v) is 3.41. The van der Waals surface area contributed by atoms with Crippen molar-refractivity contribution in [3.05, 3.63) is 6.04 Å². The predicted molar refractivity (Wildman–Crippen MR) is 35.4 cm³/mol. The normalized spacial score (nSPS) is 8.00. The number of hydrogen-bond donors (Lipinski definition) is 1. The van der Waals surface area contributed by atoms with E-state index in [1.807, 2.05) is 7.05 Å². The van der Waals surface area contributed by atoms with Crippen LogP contribution in [0.25, 0.3) is 0 Å². The third-order valence-electron chi connectivity index (χ3n) is 0.957. The van der Waals surface area contributed by atoms with Crippen LogP contribution in [0.5, 0.6) is 0 Å². The van der Waals surface area contributed by atoms with Gasteiger partial charge in [0, 0.05) is 0 Å². The molecule has 0 bridgehead atoms. The second-order valence-electron chi connectivity index (χ2n) is 1.38. The summed E-state index contributed by atoms with van der Waals surface area (Å²) >= 11 is 2.69. The molecule has 0 heterocycles. The van der Waals surface area contributed by atoms with Gasteiger partial charge in [-0.1, -0.05) is 6.92 Å². The van der Waals surface area contributed by atoms with Crippen molar-refractivity contribution in [1.29, 1.82) is 0 Å². The SMILES string of the molecule is CC[C-](C)NC.[CH2]=[Mn]. The van der Waals surface area contributed by atoms with E-state index in [9.17, 15) is 0 Å². The van der Waals surface area contributed by atoms with Crippen LogP contribution in [0.15, 0.2) is 0 Å². The van der Waals surface area contributed by atoms with Crippen LogP contribution in [-0.4, -0.2) is 12.5 Å². The second kappa shape index (κ2) is 10.4. The van der Waals surface area contributed by atoms with Gasteiger partial charge in [-0.15, -0.1) is 0 Å². The summed E-state index contributed by atoms with van der Waals surface area (Å²) in [5.41, 5.74) is 3.06. The van der Waals surface area contributed by atoms with Crippen LogP contribution >= 0.6 is 0 Å². The fourth-order valence-electron chi connectivity index (χ4n) is 0.177. The number of nitrogens with one attached hydrogen (secondary N) is 1. The van der Waals surface area contributed by atoms with Gasteiger partial charge in [0.25, 0.3) is 0 Å². The number of hydrogen-bond acceptors (Lipinski definition) is 1. The van der Waals surface area contributed by atoms with Crippen LogP contribution < -0.4 is 5.32 Å². The molecular formula is C6H14MnN-. The summed E-state index contributed by atoms with van der Waals surface area (Å²) in [4.78, 5) is 0.